The number of nitrogens with two attached hydrogens (primary N) is 1. The Kier molecular flexibility index (Phi) is 6.97. The average Bonchev–Trinajstić information content (AvgIpc) is 2.52. The smallest absolute Gasteiger partial charge is 0.273 e. The number of hydrogen-bond donors (Lipinski definition) is 1. The van der Waals surface area contributed by atoms with Crippen LogP contribution in [0.15, 0.2) is 18.2 Å². The molecular formula is C18H28ClN3O3. The van der Waals surface area contributed by atoms with Crippen LogP contribution in [0.3, 0.4) is 0 Å². The summed E-state index contributed by atoms with van der Waals surface area (Å²) < 4.78 is 0. The number of amides is 1. The van der Waals surface area contributed by atoms with Crippen LogP contribution in [-0.4, -0.2) is 34.9 Å². The van der Waals surface area contributed by atoms with Gasteiger partial charge in [0.25, 0.3) is 11.6 Å². The lowest BCUT2D eigenvalue weighted by Crippen LogP contribution is -2.42. The second-order valence-corrected chi connectivity index (χ2v) is 7.73. The first-order valence-corrected chi connectivity index (χ1v) is 8.45. The Morgan fingerprint density at radius 1 is 1.32 bits per heavy atom. The van der Waals surface area contributed by atoms with Crippen LogP contribution in [0.5, 0.6) is 0 Å². The summed E-state index contributed by atoms with van der Waals surface area (Å²) in [6.45, 7) is 9.08. The zero-order chi connectivity index (χ0) is 18.1. The molecule has 0 spiro atoms. The highest BCUT2D eigenvalue weighted by Gasteiger charge is 2.29. The molecule has 1 aliphatic heterocycles. The van der Waals surface area contributed by atoms with Crippen molar-refractivity contribution in [3.8, 4) is 0 Å². The standard InChI is InChI=1S/C18H27N3O3.ClH/c1-12(19)13-7-9-20(10-8-13)17(22)14-5-6-15(18(2,3)4)16(11-14)21(23)24;/h5-6,11-13H,7-10,19H2,1-4H3;1H. The molecule has 2 rings (SSSR count). The maximum atomic E-state index is 12.7. The molecule has 1 heterocycles. The summed E-state index contributed by atoms with van der Waals surface area (Å²) in [6.07, 6.45) is 1.76. The summed E-state index contributed by atoms with van der Waals surface area (Å²) in [5.41, 5.74) is 6.62. The molecule has 0 aromatic heterocycles. The van der Waals surface area contributed by atoms with Crippen LogP contribution in [0.1, 0.15) is 56.5 Å². The highest BCUT2D eigenvalue weighted by atomic mass is 35.5. The predicted molar refractivity (Wildman–Crippen MR) is 101 cm³/mol. The first-order chi connectivity index (χ1) is 11.1. The average molecular weight is 370 g/mol. The van der Waals surface area contributed by atoms with Crippen molar-refractivity contribution in [3.63, 3.8) is 0 Å². The van der Waals surface area contributed by atoms with E-state index < -0.39 is 4.92 Å². The van der Waals surface area contributed by atoms with E-state index in [1.807, 2.05) is 27.7 Å². The Bertz CT molecular complexity index is 633. The van der Waals surface area contributed by atoms with E-state index in [1.54, 1.807) is 17.0 Å². The summed E-state index contributed by atoms with van der Waals surface area (Å²) >= 11 is 0. The molecule has 140 valence electrons. The van der Waals surface area contributed by atoms with Gasteiger partial charge in [-0.25, -0.2) is 0 Å². The van der Waals surface area contributed by atoms with E-state index in [-0.39, 0.29) is 35.5 Å². The maximum Gasteiger partial charge on any atom is 0.273 e. The topological polar surface area (TPSA) is 89.5 Å². The van der Waals surface area contributed by atoms with Gasteiger partial charge in [0, 0.05) is 36.3 Å². The summed E-state index contributed by atoms with van der Waals surface area (Å²) in [6, 6.07) is 4.96. The van der Waals surface area contributed by atoms with Crippen LogP contribution < -0.4 is 5.73 Å². The first-order valence-electron chi connectivity index (χ1n) is 8.45. The number of halogens is 1. The fraction of sp³-hybridized carbons (Fsp3) is 0.611. The van der Waals surface area contributed by atoms with Gasteiger partial charge in [0.05, 0.1) is 4.92 Å². The Morgan fingerprint density at radius 3 is 2.32 bits per heavy atom. The van der Waals surface area contributed by atoms with Crippen LogP contribution in [0.25, 0.3) is 0 Å². The summed E-state index contributed by atoms with van der Waals surface area (Å²) in [5, 5.41) is 11.4. The maximum absolute atomic E-state index is 12.7. The molecule has 25 heavy (non-hydrogen) atoms. The third kappa shape index (κ3) is 4.92. The van der Waals surface area contributed by atoms with Gasteiger partial charge in [-0.1, -0.05) is 26.8 Å². The van der Waals surface area contributed by atoms with Crippen molar-refractivity contribution in [2.75, 3.05) is 13.1 Å². The molecule has 7 heteroatoms. The number of nitrogens with zero attached hydrogens (tertiary/aromatic N) is 2. The van der Waals surface area contributed by atoms with E-state index in [0.29, 0.717) is 30.1 Å². The minimum Gasteiger partial charge on any atom is -0.339 e. The van der Waals surface area contributed by atoms with Crippen LogP contribution >= 0.6 is 12.4 Å². The van der Waals surface area contributed by atoms with Crippen LogP contribution in [-0.2, 0) is 5.41 Å². The third-order valence-electron chi connectivity index (χ3n) is 4.82. The second-order valence-electron chi connectivity index (χ2n) is 7.73. The number of rotatable bonds is 3. The lowest BCUT2D eigenvalue weighted by Gasteiger charge is -2.33. The zero-order valence-corrected chi connectivity index (χ0v) is 16.1. The van der Waals surface area contributed by atoms with Crippen LogP contribution in [0, 0.1) is 16.0 Å². The van der Waals surface area contributed by atoms with Gasteiger partial charge < -0.3 is 10.6 Å². The lowest BCUT2D eigenvalue weighted by molar-refractivity contribution is -0.386. The number of benzene rings is 1. The van der Waals surface area contributed by atoms with Gasteiger partial charge >= 0.3 is 0 Å². The first kappa shape index (κ1) is 21.4. The van der Waals surface area contributed by atoms with Gasteiger partial charge in [-0.2, -0.15) is 0 Å². The molecule has 0 aliphatic carbocycles. The van der Waals surface area contributed by atoms with Gasteiger partial charge in [-0.3, -0.25) is 14.9 Å². The van der Waals surface area contributed by atoms with Crippen molar-refractivity contribution in [1.29, 1.82) is 0 Å². The fourth-order valence-corrected chi connectivity index (χ4v) is 3.26. The van der Waals surface area contributed by atoms with E-state index in [1.165, 1.54) is 6.07 Å². The van der Waals surface area contributed by atoms with Gasteiger partial charge in [0.1, 0.15) is 0 Å². The molecule has 6 nitrogen and oxygen atoms in total. The van der Waals surface area contributed by atoms with Crippen LogP contribution in [0.2, 0.25) is 0 Å². The van der Waals surface area contributed by atoms with Gasteiger partial charge in [0.2, 0.25) is 0 Å². The molecule has 1 amide bonds. The molecule has 1 atom stereocenters. The minimum atomic E-state index is -0.403. The molecule has 1 saturated heterocycles. The molecule has 2 N–H and O–H groups in total. The van der Waals surface area contributed by atoms with E-state index >= 15 is 0 Å². The monoisotopic (exact) mass is 369 g/mol. The van der Waals surface area contributed by atoms with E-state index in [2.05, 4.69) is 0 Å². The summed E-state index contributed by atoms with van der Waals surface area (Å²) in [5.74, 6) is 0.299. The van der Waals surface area contributed by atoms with Crippen molar-refractivity contribution in [1.82, 2.24) is 4.90 Å². The quantitative estimate of drug-likeness (QED) is 0.652. The number of hydrogen-bond acceptors (Lipinski definition) is 4. The highest BCUT2D eigenvalue weighted by molar-refractivity contribution is 5.95. The molecule has 0 bridgehead atoms. The Labute approximate surface area is 155 Å². The van der Waals surface area contributed by atoms with E-state index in [0.717, 1.165) is 12.8 Å². The van der Waals surface area contributed by atoms with Crippen LogP contribution in [0.4, 0.5) is 5.69 Å². The number of nitro groups is 1. The molecule has 1 aliphatic rings. The predicted octanol–water partition coefficient (Wildman–Crippen LogP) is 3.51. The molecule has 1 aromatic rings. The normalized spacial score (nSPS) is 16.9. The number of carbonyl (C=O) groups is 1. The summed E-state index contributed by atoms with van der Waals surface area (Å²) in [7, 11) is 0. The van der Waals surface area contributed by atoms with Crippen molar-refractivity contribution in [2.24, 2.45) is 11.7 Å². The molecule has 0 saturated carbocycles. The molecular weight excluding hydrogens is 342 g/mol. The highest BCUT2D eigenvalue weighted by Crippen LogP contribution is 2.32. The van der Waals surface area contributed by atoms with Crippen molar-refractivity contribution < 1.29 is 9.72 Å². The molecule has 1 aromatic carbocycles. The SMILES string of the molecule is CC(N)C1CCN(C(=O)c2ccc(C(C)(C)C)c([N+](=O)[O-])c2)CC1.Cl. The van der Waals surface area contributed by atoms with E-state index in [9.17, 15) is 14.9 Å². The Hall–Kier alpha value is -1.66. The Morgan fingerprint density at radius 2 is 1.88 bits per heavy atom. The van der Waals surface area contributed by atoms with Crippen molar-refractivity contribution in [2.45, 2.75) is 52.0 Å². The summed E-state index contributed by atoms with van der Waals surface area (Å²) in [4.78, 5) is 25.5. The molecule has 1 fully saturated rings. The van der Waals surface area contributed by atoms with Gasteiger partial charge in [-0.15, -0.1) is 12.4 Å². The van der Waals surface area contributed by atoms with Crippen molar-refractivity contribution in [3.05, 3.63) is 39.4 Å². The number of carbonyl (C=O) groups excluding carboxylic acids is 1. The lowest BCUT2D eigenvalue weighted by atomic mass is 9.85. The zero-order valence-electron chi connectivity index (χ0n) is 15.3. The number of piperidine rings is 1. The fourth-order valence-electron chi connectivity index (χ4n) is 3.26. The van der Waals surface area contributed by atoms with E-state index in [4.69, 9.17) is 5.73 Å². The number of likely N-dealkylation sites (tertiary alicyclic amines) is 1. The van der Waals surface area contributed by atoms with Gasteiger partial charge in [-0.05, 0) is 37.2 Å². The molecule has 0 radical (unpaired) electrons. The van der Waals surface area contributed by atoms with Crippen molar-refractivity contribution >= 4 is 24.0 Å². The second kappa shape index (κ2) is 8.15. The van der Waals surface area contributed by atoms with Gasteiger partial charge in [0.15, 0.2) is 0 Å². The Balaban J connectivity index is 0.00000312. The minimum absolute atomic E-state index is 0. The molecule has 1 unspecified atom stereocenters. The third-order valence-corrected chi connectivity index (χ3v) is 4.82. The largest absolute Gasteiger partial charge is 0.339 e. The number of nitro benzene ring substituents is 1.